The molecule has 3 aliphatic rings. The molecule has 6 nitrogen and oxygen atoms in total. The van der Waals surface area contributed by atoms with Crippen LogP contribution in [0.4, 0.5) is 51.2 Å². The Bertz CT molecular complexity index is 3360. The summed E-state index contributed by atoms with van der Waals surface area (Å²) < 4.78 is 20.7. The molecule has 7 heteroatoms. The summed E-state index contributed by atoms with van der Waals surface area (Å²) in [7, 11) is 0. The highest BCUT2D eigenvalue weighted by molar-refractivity contribution is 7.02. The third kappa shape index (κ3) is 4.47. The van der Waals surface area contributed by atoms with Crippen LogP contribution in [0.3, 0.4) is 0 Å². The normalized spacial score (nSPS) is 13.3. The molecule has 0 unspecified atom stereocenters. The van der Waals surface area contributed by atoms with Gasteiger partial charge >= 0.3 is 0 Å². The molecule has 0 saturated carbocycles. The first-order valence-corrected chi connectivity index (χ1v) is 20.7. The van der Waals surface area contributed by atoms with Gasteiger partial charge in [0, 0.05) is 57.0 Å². The van der Waals surface area contributed by atoms with Crippen LogP contribution < -0.4 is 35.8 Å². The summed E-state index contributed by atoms with van der Waals surface area (Å²) in [5, 5.41) is 4.26. The molecule has 0 bridgehead atoms. The zero-order valence-corrected chi connectivity index (χ0v) is 32.6. The van der Waals surface area contributed by atoms with Crippen LogP contribution in [0, 0.1) is 0 Å². The number of benzene rings is 9. The smallest absolute Gasteiger partial charge is 0.261 e. The summed E-state index contributed by atoms with van der Waals surface area (Å²) in [5.41, 5.74) is 16.3. The van der Waals surface area contributed by atoms with Gasteiger partial charge in [-0.2, -0.15) is 0 Å². The maximum atomic E-state index is 7.22. The van der Waals surface area contributed by atoms with Gasteiger partial charge in [-0.25, -0.2) is 0 Å². The molecule has 0 fully saturated rings. The largest absolute Gasteiger partial charge is 0.458 e. The van der Waals surface area contributed by atoms with Gasteiger partial charge in [0.15, 0.2) is 0 Å². The quantitative estimate of drug-likeness (QED) is 0.162. The molecule has 0 amide bonds. The van der Waals surface area contributed by atoms with Gasteiger partial charge in [-0.1, -0.05) is 109 Å². The molecule has 3 aliphatic heterocycles. The van der Waals surface area contributed by atoms with E-state index in [1.165, 1.54) is 5.46 Å². The average Bonchev–Trinajstić information content (AvgIpc) is 3.88. The highest BCUT2D eigenvalue weighted by Gasteiger charge is 2.51. The molecule has 284 valence electrons. The fraction of sp³-hybridized carbons (Fsp3) is 0. The van der Waals surface area contributed by atoms with Crippen LogP contribution in [-0.2, 0) is 0 Å². The maximum absolute atomic E-state index is 7.22. The van der Waals surface area contributed by atoms with Crippen molar-refractivity contribution in [3.05, 3.63) is 194 Å². The SMILES string of the molecule is c1ccc(N(c2ccccc2)c2cc3c4c(c2)N(c2ccccc2)c2c5c(cc6oc7ccccc7c26)Oc2cc6oc7ccccc7c6c(c2B45)N3c2ccccc2)cc1. The van der Waals surface area contributed by atoms with Crippen LogP contribution >= 0.6 is 0 Å². The summed E-state index contributed by atoms with van der Waals surface area (Å²) in [6.07, 6.45) is 0. The van der Waals surface area contributed by atoms with Gasteiger partial charge in [0.2, 0.25) is 0 Å². The average molecular weight is 782 g/mol. The highest BCUT2D eigenvalue weighted by atomic mass is 16.5. The van der Waals surface area contributed by atoms with Crippen molar-refractivity contribution >= 4 is 118 Å². The lowest BCUT2D eigenvalue weighted by atomic mass is 9.32. The van der Waals surface area contributed by atoms with Crippen molar-refractivity contribution in [3.8, 4) is 11.5 Å². The standard InChI is InChI=1S/C54H32BN3O3/c1-5-17-33(18-6-1)56(34-19-7-2-8-20-34)37-29-40-50-41(30-37)58(36-23-11-4-12-24-36)54-49-39-26-14-16-28-43(39)60-45(49)32-47-52(54)55(50)51-46(61-47)31-44-48(38-25-13-15-27-42(38)59-44)53(51)57(40)35-21-9-3-10-22-35/h1-32H. The Morgan fingerprint density at radius 3 is 1.25 bits per heavy atom. The zero-order chi connectivity index (χ0) is 39.8. The molecular weight excluding hydrogens is 749 g/mol. The van der Waals surface area contributed by atoms with E-state index in [1.54, 1.807) is 0 Å². The van der Waals surface area contributed by atoms with Crippen molar-refractivity contribution in [2.75, 3.05) is 14.7 Å². The number of hydrogen-bond acceptors (Lipinski definition) is 6. The number of ether oxygens (including phenoxy) is 1. The van der Waals surface area contributed by atoms with Crippen molar-refractivity contribution in [1.29, 1.82) is 0 Å². The second-order valence-electron chi connectivity index (χ2n) is 16.0. The Labute approximate surface area is 350 Å². The van der Waals surface area contributed by atoms with E-state index in [4.69, 9.17) is 13.6 Å². The second-order valence-corrected chi connectivity index (χ2v) is 16.0. The summed E-state index contributed by atoms with van der Waals surface area (Å²) in [6.45, 7) is -0.180. The number of rotatable bonds is 5. The summed E-state index contributed by atoms with van der Waals surface area (Å²) in [6, 6.07) is 68.6. The van der Waals surface area contributed by atoms with Gasteiger partial charge in [0.25, 0.3) is 6.71 Å². The van der Waals surface area contributed by atoms with E-state index in [9.17, 15) is 0 Å². The van der Waals surface area contributed by atoms with Crippen molar-refractivity contribution in [3.63, 3.8) is 0 Å². The van der Waals surface area contributed by atoms with Gasteiger partial charge in [-0.15, -0.1) is 0 Å². The second kappa shape index (κ2) is 12.2. The molecule has 0 saturated heterocycles. The molecule has 11 aromatic rings. The number of hydrogen-bond donors (Lipinski definition) is 0. The molecule has 0 atom stereocenters. The Morgan fingerprint density at radius 2 is 0.787 bits per heavy atom. The first-order valence-electron chi connectivity index (χ1n) is 20.7. The lowest BCUT2D eigenvalue weighted by Gasteiger charge is -2.47. The number of anilines is 9. The minimum absolute atomic E-state index is 0.180. The predicted molar refractivity (Wildman–Crippen MR) is 250 cm³/mol. The third-order valence-electron chi connectivity index (χ3n) is 12.7. The molecule has 5 heterocycles. The highest BCUT2D eigenvalue weighted by Crippen LogP contribution is 2.55. The van der Waals surface area contributed by atoms with Gasteiger partial charge in [0.1, 0.15) is 33.8 Å². The van der Waals surface area contributed by atoms with E-state index < -0.39 is 0 Å². The molecule has 0 aliphatic carbocycles. The van der Waals surface area contributed by atoms with Crippen LogP contribution in [0.25, 0.3) is 43.9 Å². The van der Waals surface area contributed by atoms with Gasteiger partial charge in [-0.3, -0.25) is 0 Å². The van der Waals surface area contributed by atoms with Crippen molar-refractivity contribution in [2.24, 2.45) is 0 Å². The molecule has 0 radical (unpaired) electrons. The summed E-state index contributed by atoms with van der Waals surface area (Å²) in [5.74, 6) is 1.57. The Kier molecular flexibility index (Phi) is 6.55. The van der Waals surface area contributed by atoms with E-state index in [0.717, 1.165) is 117 Å². The van der Waals surface area contributed by atoms with E-state index in [0.29, 0.717) is 0 Å². The molecule has 2 aromatic heterocycles. The van der Waals surface area contributed by atoms with E-state index in [2.05, 4.69) is 197 Å². The van der Waals surface area contributed by atoms with E-state index in [1.807, 2.05) is 12.1 Å². The maximum Gasteiger partial charge on any atom is 0.261 e. The molecular formula is C54H32BN3O3. The minimum Gasteiger partial charge on any atom is -0.458 e. The third-order valence-corrected chi connectivity index (χ3v) is 12.7. The molecule has 9 aromatic carbocycles. The predicted octanol–water partition coefficient (Wildman–Crippen LogP) is 13.1. The molecule has 0 N–H and O–H groups in total. The molecule has 0 spiro atoms. The molecule has 14 rings (SSSR count). The fourth-order valence-electron chi connectivity index (χ4n) is 10.4. The van der Waals surface area contributed by atoms with Gasteiger partial charge in [-0.05, 0) is 89.2 Å². The number of para-hydroxylation sites is 6. The van der Waals surface area contributed by atoms with Crippen LogP contribution in [0.2, 0.25) is 0 Å². The molecule has 61 heavy (non-hydrogen) atoms. The topological polar surface area (TPSA) is 45.2 Å². The van der Waals surface area contributed by atoms with E-state index >= 15 is 0 Å². The van der Waals surface area contributed by atoms with Crippen molar-refractivity contribution in [1.82, 2.24) is 0 Å². The summed E-state index contributed by atoms with van der Waals surface area (Å²) >= 11 is 0. The first kappa shape index (κ1) is 32.8. The van der Waals surface area contributed by atoms with Crippen molar-refractivity contribution < 1.29 is 13.6 Å². The lowest BCUT2D eigenvalue weighted by Crippen LogP contribution is -2.63. The Hall–Kier alpha value is -8.16. The van der Waals surface area contributed by atoms with Gasteiger partial charge < -0.3 is 28.3 Å². The number of furan rings is 2. The van der Waals surface area contributed by atoms with E-state index in [-0.39, 0.29) is 6.71 Å². The minimum atomic E-state index is -0.180. The summed E-state index contributed by atoms with van der Waals surface area (Å²) in [4.78, 5) is 7.30. The van der Waals surface area contributed by atoms with Crippen LogP contribution in [0.1, 0.15) is 0 Å². The number of fused-ring (bicyclic) bond motifs is 8. The van der Waals surface area contributed by atoms with Crippen LogP contribution in [-0.4, -0.2) is 6.71 Å². The Morgan fingerprint density at radius 1 is 0.377 bits per heavy atom. The van der Waals surface area contributed by atoms with Gasteiger partial charge in [0.05, 0.1) is 27.8 Å². The monoisotopic (exact) mass is 781 g/mol. The van der Waals surface area contributed by atoms with Crippen LogP contribution in [0.5, 0.6) is 11.5 Å². The fourth-order valence-corrected chi connectivity index (χ4v) is 10.4. The van der Waals surface area contributed by atoms with Crippen LogP contribution in [0.15, 0.2) is 203 Å². The van der Waals surface area contributed by atoms with Crippen molar-refractivity contribution in [2.45, 2.75) is 0 Å². The number of nitrogens with zero attached hydrogens (tertiary/aromatic N) is 3. The first-order chi connectivity index (χ1) is 30.3. The zero-order valence-electron chi connectivity index (χ0n) is 32.6. The Balaban J connectivity index is 1.21. The lowest BCUT2D eigenvalue weighted by molar-refractivity contribution is 0.486.